The second-order valence-corrected chi connectivity index (χ2v) is 9.07. The zero-order valence-corrected chi connectivity index (χ0v) is 18.7. The molecule has 1 aromatic heterocycles. The maximum atomic E-state index is 13.4. The van der Waals surface area contributed by atoms with Gasteiger partial charge in [0.1, 0.15) is 11.7 Å². The van der Waals surface area contributed by atoms with E-state index < -0.39 is 0 Å². The molecule has 1 amide bonds. The molecule has 1 N–H and O–H groups in total. The summed E-state index contributed by atoms with van der Waals surface area (Å²) in [7, 11) is 4.01. The number of nitrogens with zero attached hydrogens (tertiary/aromatic N) is 3. The SMILES string of the molecule is C[C@@H]1CN([C@H](C)CO)C(=O)c2cc(C#CC3CCCCC3)cnc2O[C@H]1CN(C)C. The molecule has 1 saturated carbocycles. The van der Waals surface area contributed by atoms with E-state index in [0.717, 1.165) is 24.9 Å². The van der Waals surface area contributed by atoms with Gasteiger partial charge in [-0.25, -0.2) is 4.98 Å². The summed E-state index contributed by atoms with van der Waals surface area (Å²) < 4.78 is 6.23. The molecule has 0 spiro atoms. The number of aromatic nitrogens is 1. The smallest absolute Gasteiger partial charge is 0.259 e. The van der Waals surface area contributed by atoms with Crippen LogP contribution >= 0.6 is 0 Å². The van der Waals surface area contributed by atoms with Gasteiger partial charge >= 0.3 is 0 Å². The number of aliphatic hydroxyl groups is 1. The number of aliphatic hydroxyl groups excluding tert-OH is 1. The van der Waals surface area contributed by atoms with E-state index in [2.05, 4.69) is 28.6 Å². The zero-order valence-electron chi connectivity index (χ0n) is 18.7. The number of hydrogen-bond donors (Lipinski definition) is 1. The van der Waals surface area contributed by atoms with E-state index in [-0.39, 0.29) is 30.6 Å². The van der Waals surface area contributed by atoms with Gasteiger partial charge in [0, 0.05) is 36.7 Å². The first kappa shape index (κ1) is 22.6. The van der Waals surface area contributed by atoms with Gasteiger partial charge in [0.15, 0.2) is 0 Å². The minimum absolute atomic E-state index is 0.0817. The van der Waals surface area contributed by atoms with Crippen molar-refractivity contribution >= 4 is 5.91 Å². The van der Waals surface area contributed by atoms with Crippen molar-refractivity contribution in [1.29, 1.82) is 0 Å². The van der Waals surface area contributed by atoms with Crippen LogP contribution in [-0.4, -0.2) is 71.7 Å². The number of ether oxygens (including phenoxy) is 1. The molecule has 2 heterocycles. The Morgan fingerprint density at radius 3 is 2.73 bits per heavy atom. The lowest BCUT2D eigenvalue weighted by molar-refractivity contribution is 0.0348. The Labute approximate surface area is 180 Å². The summed E-state index contributed by atoms with van der Waals surface area (Å²) >= 11 is 0. The van der Waals surface area contributed by atoms with Crippen LogP contribution in [0.4, 0.5) is 0 Å². The molecular weight excluding hydrogens is 378 g/mol. The van der Waals surface area contributed by atoms with Gasteiger partial charge in [0.05, 0.1) is 12.6 Å². The first-order valence-electron chi connectivity index (χ1n) is 11.1. The summed E-state index contributed by atoms with van der Waals surface area (Å²) in [6, 6.07) is 1.53. The van der Waals surface area contributed by atoms with Crippen molar-refractivity contribution in [2.24, 2.45) is 11.8 Å². The molecule has 1 aliphatic carbocycles. The third-order valence-electron chi connectivity index (χ3n) is 6.09. The highest BCUT2D eigenvalue weighted by atomic mass is 16.5. The highest BCUT2D eigenvalue weighted by Crippen LogP contribution is 2.27. The average molecular weight is 414 g/mol. The van der Waals surface area contributed by atoms with Crippen molar-refractivity contribution in [1.82, 2.24) is 14.8 Å². The molecule has 3 rings (SSSR count). The lowest BCUT2D eigenvalue weighted by Gasteiger charge is -2.37. The lowest BCUT2D eigenvalue weighted by Crippen LogP contribution is -2.49. The number of carbonyl (C=O) groups excluding carboxylic acids is 1. The maximum absolute atomic E-state index is 13.4. The number of rotatable bonds is 4. The second-order valence-electron chi connectivity index (χ2n) is 9.07. The van der Waals surface area contributed by atoms with Crippen molar-refractivity contribution in [3.63, 3.8) is 0 Å². The summed E-state index contributed by atoms with van der Waals surface area (Å²) in [5, 5.41) is 9.72. The Morgan fingerprint density at radius 1 is 1.33 bits per heavy atom. The Hall–Kier alpha value is -2.10. The molecule has 0 radical (unpaired) electrons. The topological polar surface area (TPSA) is 65.9 Å². The van der Waals surface area contributed by atoms with Crippen LogP contribution in [0.5, 0.6) is 5.88 Å². The first-order chi connectivity index (χ1) is 14.4. The fraction of sp³-hybridized carbons (Fsp3) is 0.667. The molecule has 0 bridgehead atoms. The Morgan fingerprint density at radius 2 is 2.07 bits per heavy atom. The molecule has 6 nitrogen and oxygen atoms in total. The molecule has 164 valence electrons. The van der Waals surface area contributed by atoms with Gasteiger partial charge in [0.2, 0.25) is 5.88 Å². The van der Waals surface area contributed by atoms with Crippen LogP contribution in [0.1, 0.15) is 61.9 Å². The first-order valence-corrected chi connectivity index (χ1v) is 11.1. The third kappa shape index (κ3) is 5.53. The summed E-state index contributed by atoms with van der Waals surface area (Å²) in [6.07, 6.45) is 7.70. The van der Waals surface area contributed by atoms with Crippen molar-refractivity contribution in [3.05, 3.63) is 23.4 Å². The minimum Gasteiger partial charge on any atom is -0.472 e. The predicted molar refractivity (Wildman–Crippen MR) is 117 cm³/mol. The average Bonchev–Trinajstić information content (AvgIpc) is 2.74. The highest BCUT2D eigenvalue weighted by Gasteiger charge is 2.33. The van der Waals surface area contributed by atoms with E-state index in [1.54, 1.807) is 17.2 Å². The second kappa shape index (κ2) is 10.3. The van der Waals surface area contributed by atoms with Gasteiger partial charge in [-0.05, 0) is 39.9 Å². The molecule has 0 unspecified atom stereocenters. The molecule has 0 saturated heterocycles. The van der Waals surface area contributed by atoms with Crippen molar-refractivity contribution in [2.45, 2.75) is 58.1 Å². The molecule has 1 fully saturated rings. The summed E-state index contributed by atoms with van der Waals surface area (Å²) in [6.45, 7) is 5.11. The molecule has 6 heteroatoms. The van der Waals surface area contributed by atoms with E-state index >= 15 is 0 Å². The standard InChI is InChI=1S/C24H35N3O3/c1-17-14-27(18(2)16-28)24(29)21-12-20(11-10-19-8-6-5-7-9-19)13-25-23(21)30-22(17)15-26(3)4/h12-13,17-19,22,28H,5-9,14-16H2,1-4H3/t17-,18-,22+/m1/s1. The minimum atomic E-state index is -0.275. The number of hydrogen-bond acceptors (Lipinski definition) is 5. The van der Waals surface area contributed by atoms with Crippen LogP contribution in [0.2, 0.25) is 0 Å². The Balaban J connectivity index is 1.94. The summed E-state index contributed by atoms with van der Waals surface area (Å²) in [5.74, 6) is 7.35. The van der Waals surface area contributed by atoms with Crippen molar-refractivity contribution in [2.75, 3.05) is 33.8 Å². The Bertz CT molecular complexity index is 793. The lowest BCUT2D eigenvalue weighted by atomic mass is 9.90. The molecule has 2 aliphatic rings. The van der Waals surface area contributed by atoms with E-state index in [1.807, 2.05) is 21.0 Å². The van der Waals surface area contributed by atoms with Crippen molar-refractivity contribution < 1.29 is 14.6 Å². The maximum Gasteiger partial charge on any atom is 0.259 e. The molecule has 0 aromatic carbocycles. The molecule has 30 heavy (non-hydrogen) atoms. The van der Waals surface area contributed by atoms with Crippen LogP contribution in [0.3, 0.4) is 0 Å². The van der Waals surface area contributed by atoms with E-state index in [4.69, 9.17) is 4.74 Å². The van der Waals surface area contributed by atoms with Gasteiger partial charge in [-0.2, -0.15) is 0 Å². The van der Waals surface area contributed by atoms with Crippen LogP contribution in [-0.2, 0) is 0 Å². The molecule has 3 atom stereocenters. The largest absolute Gasteiger partial charge is 0.472 e. The number of fused-ring (bicyclic) bond motifs is 1. The predicted octanol–water partition coefficient (Wildman–Crippen LogP) is 2.80. The normalized spacial score (nSPS) is 23.7. The van der Waals surface area contributed by atoms with Gasteiger partial charge in [-0.15, -0.1) is 0 Å². The number of carbonyl (C=O) groups is 1. The summed E-state index contributed by atoms with van der Waals surface area (Å²) in [4.78, 5) is 21.7. The van der Waals surface area contributed by atoms with Gasteiger partial charge < -0.3 is 19.6 Å². The van der Waals surface area contributed by atoms with Crippen LogP contribution < -0.4 is 4.74 Å². The number of amides is 1. The van der Waals surface area contributed by atoms with Crippen molar-refractivity contribution in [3.8, 4) is 17.7 Å². The van der Waals surface area contributed by atoms with Gasteiger partial charge in [-0.3, -0.25) is 4.79 Å². The highest BCUT2D eigenvalue weighted by molar-refractivity contribution is 5.97. The quantitative estimate of drug-likeness (QED) is 0.769. The Kier molecular flexibility index (Phi) is 7.74. The van der Waals surface area contributed by atoms with Crippen LogP contribution in [0, 0.1) is 23.7 Å². The number of pyridine rings is 1. The monoisotopic (exact) mass is 413 g/mol. The zero-order chi connectivity index (χ0) is 21.7. The van der Waals surface area contributed by atoms with E-state index in [0.29, 0.717) is 23.9 Å². The molecule has 1 aromatic rings. The van der Waals surface area contributed by atoms with E-state index in [9.17, 15) is 9.90 Å². The number of likely N-dealkylation sites (N-methyl/N-ethyl adjacent to an activating group) is 1. The summed E-state index contributed by atoms with van der Waals surface area (Å²) in [5.41, 5.74) is 1.17. The van der Waals surface area contributed by atoms with E-state index in [1.165, 1.54) is 19.3 Å². The molecular formula is C24H35N3O3. The van der Waals surface area contributed by atoms with Crippen LogP contribution in [0.25, 0.3) is 0 Å². The fourth-order valence-electron chi connectivity index (χ4n) is 4.18. The van der Waals surface area contributed by atoms with Gasteiger partial charge in [0.25, 0.3) is 5.91 Å². The fourth-order valence-corrected chi connectivity index (χ4v) is 4.18. The molecule has 1 aliphatic heterocycles. The van der Waals surface area contributed by atoms with Gasteiger partial charge in [-0.1, -0.05) is 38.0 Å². The van der Waals surface area contributed by atoms with Crippen LogP contribution in [0.15, 0.2) is 12.3 Å². The third-order valence-corrected chi connectivity index (χ3v) is 6.09.